The molecule has 1 aliphatic heterocycles. The zero-order chi connectivity index (χ0) is 11.8. The Hall–Kier alpha value is -0.160. The van der Waals surface area contributed by atoms with E-state index in [1.54, 1.807) is 0 Å². The molecule has 1 fully saturated rings. The van der Waals surface area contributed by atoms with E-state index in [0.717, 1.165) is 45.6 Å². The first kappa shape index (κ1) is 13.9. The van der Waals surface area contributed by atoms with Crippen LogP contribution in [-0.2, 0) is 4.74 Å². The maximum absolute atomic E-state index is 9.77. The summed E-state index contributed by atoms with van der Waals surface area (Å²) in [6.45, 7) is 6.94. The van der Waals surface area contributed by atoms with Crippen LogP contribution >= 0.6 is 0 Å². The lowest BCUT2D eigenvalue weighted by Crippen LogP contribution is -2.34. The second-order valence-electron chi connectivity index (χ2n) is 4.73. The number of rotatable bonds is 8. The van der Waals surface area contributed by atoms with Crippen LogP contribution in [0.15, 0.2) is 0 Å². The van der Waals surface area contributed by atoms with Crippen molar-refractivity contribution in [3.63, 3.8) is 0 Å². The maximum atomic E-state index is 9.77. The van der Waals surface area contributed by atoms with Crippen molar-refractivity contribution in [1.29, 1.82) is 0 Å². The first-order valence-electron chi connectivity index (χ1n) is 6.44. The Morgan fingerprint density at radius 1 is 1.56 bits per heavy atom. The fourth-order valence-electron chi connectivity index (χ4n) is 2.09. The summed E-state index contributed by atoms with van der Waals surface area (Å²) in [5, 5.41) is 9.77. The van der Waals surface area contributed by atoms with E-state index in [1.165, 1.54) is 6.42 Å². The van der Waals surface area contributed by atoms with Crippen molar-refractivity contribution >= 4 is 0 Å². The predicted molar refractivity (Wildman–Crippen MR) is 65.3 cm³/mol. The Kier molecular flexibility index (Phi) is 6.96. The van der Waals surface area contributed by atoms with Crippen LogP contribution in [0, 0.1) is 5.92 Å². The number of nitrogens with zero attached hydrogens (tertiary/aromatic N) is 1. The lowest BCUT2D eigenvalue weighted by molar-refractivity contribution is 0.0191. The standard InChI is InChI=1S/C12H26N2O2/c1-2-3-6-16-10-12(15)9-14-5-4-11(7-13)8-14/h11-12,15H,2-10,13H2,1H3. The molecule has 0 aromatic rings. The van der Waals surface area contributed by atoms with Crippen molar-refractivity contribution in [2.75, 3.05) is 39.4 Å². The Morgan fingerprint density at radius 3 is 3.00 bits per heavy atom. The van der Waals surface area contributed by atoms with Gasteiger partial charge in [-0.3, -0.25) is 0 Å². The highest BCUT2D eigenvalue weighted by atomic mass is 16.5. The Labute approximate surface area is 98.8 Å². The largest absolute Gasteiger partial charge is 0.389 e. The van der Waals surface area contributed by atoms with Gasteiger partial charge in [-0.1, -0.05) is 13.3 Å². The highest BCUT2D eigenvalue weighted by Gasteiger charge is 2.22. The number of hydrogen-bond acceptors (Lipinski definition) is 4. The molecule has 16 heavy (non-hydrogen) atoms. The first-order chi connectivity index (χ1) is 7.76. The molecule has 2 atom stereocenters. The highest BCUT2D eigenvalue weighted by Crippen LogP contribution is 2.14. The number of β-amino-alcohol motifs (C(OH)–C–C–N with tert-alkyl or cyclic N) is 1. The van der Waals surface area contributed by atoms with Crippen LogP contribution in [0.25, 0.3) is 0 Å². The molecular formula is C12H26N2O2. The van der Waals surface area contributed by atoms with E-state index in [-0.39, 0.29) is 6.10 Å². The molecule has 4 nitrogen and oxygen atoms in total. The monoisotopic (exact) mass is 230 g/mol. The molecule has 96 valence electrons. The molecule has 0 aromatic heterocycles. The second-order valence-corrected chi connectivity index (χ2v) is 4.73. The van der Waals surface area contributed by atoms with Gasteiger partial charge in [0.05, 0.1) is 12.7 Å². The number of unbranched alkanes of at least 4 members (excludes halogenated alkanes) is 1. The minimum absolute atomic E-state index is 0.353. The Balaban J connectivity index is 2.03. The quantitative estimate of drug-likeness (QED) is 0.594. The van der Waals surface area contributed by atoms with Crippen molar-refractivity contribution in [2.45, 2.75) is 32.3 Å². The van der Waals surface area contributed by atoms with Crippen molar-refractivity contribution in [1.82, 2.24) is 4.90 Å². The van der Waals surface area contributed by atoms with Gasteiger partial charge in [-0.25, -0.2) is 0 Å². The molecule has 4 heteroatoms. The molecule has 1 saturated heterocycles. The maximum Gasteiger partial charge on any atom is 0.0900 e. The third kappa shape index (κ3) is 5.25. The zero-order valence-electron chi connectivity index (χ0n) is 10.4. The van der Waals surface area contributed by atoms with Crippen LogP contribution in [0.1, 0.15) is 26.2 Å². The Morgan fingerprint density at radius 2 is 2.38 bits per heavy atom. The molecule has 1 aliphatic rings. The normalized spacial score (nSPS) is 23.8. The molecule has 0 radical (unpaired) electrons. The van der Waals surface area contributed by atoms with E-state index in [0.29, 0.717) is 12.5 Å². The molecule has 0 aromatic carbocycles. The Bertz CT molecular complexity index is 178. The number of hydrogen-bond donors (Lipinski definition) is 2. The van der Waals surface area contributed by atoms with E-state index in [2.05, 4.69) is 11.8 Å². The van der Waals surface area contributed by atoms with E-state index >= 15 is 0 Å². The van der Waals surface area contributed by atoms with Gasteiger partial charge in [-0.2, -0.15) is 0 Å². The molecule has 0 spiro atoms. The van der Waals surface area contributed by atoms with Gasteiger partial charge in [0.25, 0.3) is 0 Å². The fourth-order valence-corrected chi connectivity index (χ4v) is 2.09. The predicted octanol–water partition coefficient (Wildman–Crippen LogP) is 0.445. The lowest BCUT2D eigenvalue weighted by atomic mass is 10.1. The van der Waals surface area contributed by atoms with Crippen LogP contribution in [0.2, 0.25) is 0 Å². The van der Waals surface area contributed by atoms with E-state index < -0.39 is 0 Å². The second kappa shape index (κ2) is 8.01. The molecule has 0 aliphatic carbocycles. The molecule has 0 amide bonds. The van der Waals surface area contributed by atoms with Gasteiger partial charge in [0, 0.05) is 19.7 Å². The van der Waals surface area contributed by atoms with Crippen LogP contribution in [0.3, 0.4) is 0 Å². The molecule has 1 rings (SSSR count). The molecule has 3 N–H and O–H groups in total. The van der Waals surface area contributed by atoms with Crippen LogP contribution in [0.4, 0.5) is 0 Å². The summed E-state index contributed by atoms with van der Waals surface area (Å²) in [5.41, 5.74) is 5.63. The fraction of sp³-hybridized carbons (Fsp3) is 1.00. The van der Waals surface area contributed by atoms with Gasteiger partial charge in [-0.15, -0.1) is 0 Å². The average Bonchev–Trinajstić information content (AvgIpc) is 2.72. The zero-order valence-corrected chi connectivity index (χ0v) is 10.4. The topological polar surface area (TPSA) is 58.7 Å². The first-order valence-corrected chi connectivity index (χ1v) is 6.44. The third-order valence-corrected chi connectivity index (χ3v) is 3.12. The lowest BCUT2D eigenvalue weighted by Gasteiger charge is -2.19. The summed E-state index contributed by atoms with van der Waals surface area (Å²) in [7, 11) is 0. The summed E-state index contributed by atoms with van der Waals surface area (Å²) in [5.74, 6) is 0.619. The van der Waals surface area contributed by atoms with Crippen LogP contribution in [0.5, 0.6) is 0 Å². The number of ether oxygens (including phenoxy) is 1. The van der Waals surface area contributed by atoms with Gasteiger partial charge in [-0.05, 0) is 31.8 Å². The van der Waals surface area contributed by atoms with Crippen LogP contribution in [-0.4, -0.2) is 55.5 Å². The van der Waals surface area contributed by atoms with Crippen molar-refractivity contribution in [2.24, 2.45) is 11.7 Å². The van der Waals surface area contributed by atoms with Crippen LogP contribution < -0.4 is 5.73 Å². The van der Waals surface area contributed by atoms with Crippen molar-refractivity contribution in [3.8, 4) is 0 Å². The van der Waals surface area contributed by atoms with E-state index in [9.17, 15) is 5.11 Å². The summed E-state index contributed by atoms with van der Waals surface area (Å²) < 4.78 is 5.40. The van der Waals surface area contributed by atoms with Crippen molar-refractivity contribution < 1.29 is 9.84 Å². The summed E-state index contributed by atoms with van der Waals surface area (Å²) in [4.78, 5) is 2.28. The van der Waals surface area contributed by atoms with E-state index in [4.69, 9.17) is 10.5 Å². The van der Waals surface area contributed by atoms with Crippen molar-refractivity contribution in [3.05, 3.63) is 0 Å². The van der Waals surface area contributed by atoms with Gasteiger partial charge < -0.3 is 20.5 Å². The molecule has 2 unspecified atom stereocenters. The number of likely N-dealkylation sites (tertiary alicyclic amines) is 1. The SMILES string of the molecule is CCCCOCC(O)CN1CCC(CN)C1. The van der Waals surface area contributed by atoms with Gasteiger partial charge in [0.1, 0.15) is 0 Å². The number of aliphatic hydroxyl groups excluding tert-OH is 1. The number of nitrogens with two attached hydrogens (primary N) is 1. The van der Waals surface area contributed by atoms with Gasteiger partial charge in [0.2, 0.25) is 0 Å². The molecule has 0 bridgehead atoms. The third-order valence-electron chi connectivity index (χ3n) is 3.12. The molecule has 0 saturated carbocycles. The molecular weight excluding hydrogens is 204 g/mol. The van der Waals surface area contributed by atoms with Gasteiger partial charge in [0.15, 0.2) is 0 Å². The minimum atomic E-state index is -0.353. The number of aliphatic hydroxyl groups is 1. The summed E-state index contributed by atoms with van der Waals surface area (Å²) in [6, 6.07) is 0. The smallest absolute Gasteiger partial charge is 0.0900 e. The highest BCUT2D eigenvalue weighted by molar-refractivity contribution is 4.77. The minimum Gasteiger partial charge on any atom is -0.389 e. The molecule has 1 heterocycles. The summed E-state index contributed by atoms with van der Waals surface area (Å²) >= 11 is 0. The van der Waals surface area contributed by atoms with Gasteiger partial charge >= 0.3 is 0 Å². The summed E-state index contributed by atoms with van der Waals surface area (Å²) in [6.07, 6.45) is 3.03. The van der Waals surface area contributed by atoms with E-state index in [1.807, 2.05) is 0 Å². The average molecular weight is 230 g/mol.